The third-order valence-electron chi connectivity index (χ3n) is 1.98. The zero-order valence-corrected chi connectivity index (χ0v) is 9.19. The topological polar surface area (TPSA) is 34.1 Å². The fourth-order valence-electron chi connectivity index (χ4n) is 1.33. The van der Waals surface area contributed by atoms with E-state index in [-0.39, 0.29) is 6.42 Å². The van der Waals surface area contributed by atoms with E-state index in [4.69, 9.17) is 0 Å². The van der Waals surface area contributed by atoms with E-state index >= 15 is 0 Å². The monoisotopic (exact) mass is 250 g/mol. The Morgan fingerprint density at radius 3 is 2.44 bits per heavy atom. The summed E-state index contributed by atoms with van der Waals surface area (Å²) in [5.74, 6) is -4.74. The van der Waals surface area contributed by atoms with E-state index < -0.39 is 23.7 Å². The molecule has 0 N–H and O–H groups in total. The molecule has 0 aliphatic carbocycles. The van der Waals surface area contributed by atoms with Crippen LogP contribution >= 0.6 is 11.3 Å². The molecule has 0 spiro atoms. The van der Waals surface area contributed by atoms with Crippen molar-refractivity contribution in [3.63, 3.8) is 0 Å². The average molecular weight is 250 g/mol. The number of halogens is 3. The van der Waals surface area contributed by atoms with Crippen LogP contribution < -0.4 is 0 Å². The highest BCUT2D eigenvalue weighted by Gasteiger charge is 2.47. The van der Waals surface area contributed by atoms with Crippen molar-refractivity contribution in [2.45, 2.75) is 19.5 Å². The van der Waals surface area contributed by atoms with Gasteiger partial charge in [0.25, 0.3) is 0 Å². The van der Waals surface area contributed by atoms with Gasteiger partial charge in [0.1, 0.15) is 5.78 Å². The summed E-state index contributed by atoms with van der Waals surface area (Å²) in [6.07, 6.45) is -5.14. The molecule has 1 unspecified atom stereocenters. The zero-order valence-electron chi connectivity index (χ0n) is 8.38. The Balaban J connectivity index is 2.81. The van der Waals surface area contributed by atoms with Crippen LogP contribution in [0.2, 0.25) is 0 Å². The highest BCUT2D eigenvalue weighted by atomic mass is 32.1. The number of hydrogen-bond acceptors (Lipinski definition) is 3. The van der Waals surface area contributed by atoms with Gasteiger partial charge in [-0.2, -0.15) is 13.2 Å². The van der Waals surface area contributed by atoms with Gasteiger partial charge in [0.05, 0.1) is 0 Å². The molecule has 16 heavy (non-hydrogen) atoms. The molecule has 6 heteroatoms. The molecule has 88 valence electrons. The van der Waals surface area contributed by atoms with E-state index in [0.29, 0.717) is 4.88 Å². The van der Waals surface area contributed by atoms with E-state index in [1.165, 1.54) is 11.3 Å². The highest BCUT2D eigenvalue weighted by molar-refractivity contribution is 7.10. The molecule has 0 aliphatic heterocycles. The molecule has 1 atom stereocenters. The Bertz CT molecular complexity index is 381. The molecule has 0 fully saturated rings. The number of alkyl halides is 3. The van der Waals surface area contributed by atoms with Crippen LogP contribution in [0.15, 0.2) is 17.5 Å². The molecule has 1 aromatic rings. The Hall–Kier alpha value is -1.17. The second-order valence-corrected chi connectivity index (χ2v) is 4.34. The van der Waals surface area contributed by atoms with Crippen LogP contribution in [0.4, 0.5) is 13.2 Å². The van der Waals surface area contributed by atoms with Gasteiger partial charge in [-0.3, -0.25) is 9.59 Å². The third-order valence-corrected chi connectivity index (χ3v) is 2.86. The summed E-state index contributed by atoms with van der Waals surface area (Å²) in [6, 6.07) is 3.21. The van der Waals surface area contributed by atoms with Crippen molar-refractivity contribution in [2.24, 2.45) is 5.92 Å². The summed E-state index contributed by atoms with van der Waals surface area (Å²) in [5, 5.41) is 1.67. The molecule has 0 bridgehead atoms. The molecule has 0 aliphatic rings. The first-order valence-corrected chi connectivity index (χ1v) is 5.32. The number of carbonyl (C=O) groups excluding carboxylic acids is 2. The van der Waals surface area contributed by atoms with Crippen molar-refractivity contribution in [1.82, 2.24) is 0 Å². The van der Waals surface area contributed by atoms with Crippen LogP contribution in [0.3, 0.4) is 0 Å². The number of rotatable bonds is 4. The maximum absolute atomic E-state index is 12.4. The molecule has 2 nitrogen and oxygen atoms in total. The number of ketones is 2. The van der Waals surface area contributed by atoms with E-state index in [1.807, 2.05) is 0 Å². The predicted molar refractivity (Wildman–Crippen MR) is 53.3 cm³/mol. The molecule has 1 rings (SSSR count). The normalized spacial score (nSPS) is 13.5. The molecule has 1 aromatic heterocycles. The SMILES string of the molecule is CC(=O)C(C(=O)Cc1cccs1)C(F)(F)F. The molecular weight excluding hydrogens is 241 g/mol. The lowest BCUT2D eigenvalue weighted by atomic mass is 9.96. The summed E-state index contributed by atoms with van der Waals surface area (Å²) in [5.41, 5.74) is 0. The van der Waals surface area contributed by atoms with Crippen molar-refractivity contribution >= 4 is 22.9 Å². The van der Waals surface area contributed by atoms with Gasteiger partial charge in [0.2, 0.25) is 0 Å². The molecule has 0 radical (unpaired) electrons. The van der Waals surface area contributed by atoms with Crippen LogP contribution in [-0.2, 0) is 16.0 Å². The van der Waals surface area contributed by atoms with Gasteiger partial charge >= 0.3 is 6.18 Å². The third kappa shape index (κ3) is 3.16. The fraction of sp³-hybridized carbons (Fsp3) is 0.400. The van der Waals surface area contributed by atoms with Crippen molar-refractivity contribution in [1.29, 1.82) is 0 Å². The summed E-state index contributed by atoms with van der Waals surface area (Å²) >= 11 is 1.19. The summed E-state index contributed by atoms with van der Waals surface area (Å²) in [7, 11) is 0. The first-order valence-electron chi connectivity index (χ1n) is 4.44. The van der Waals surface area contributed by atoms with Crippen molar-refractivity contribution < 1.29 is 22.8 Å². The van der Waals surface area contributed by atoms with Crippen LogP contribution in [0, 0.1) is 5.92 Å². The first-order chi connectivity index (χ1) is 7.32. The van der Waals surface area contributed by atoms with Crippen molar-refractivity contribution in [3.8, 4) is 0 Å². The lowest BCUT2D eigenvalue weighted by Gasteiger charge is -2.15. The second-order valence-electron chi connectivity index (χ2n) is 3.31. The van der Waals surface area contributed by atoms with Crippen molar-refractivity contribution in [3.05, 3.63) is 22.4 Å². The fourth-order valence-corrected chi connectivity index (χ4v) is 2.04. The van der Waals surface area contributed by atoms with Gasteiger partial charge < -0.3 is 0 Å². The summed E-state index contributed by atoms with van der Waals surface area (Å²) < 4.78 is 37.2. The van der Waals surface area contributed by atoms with Gasteiger partial charge in [0, 0.05) is 11.3 Å². The second kappa shape index (κ2) is 4.78. The molecule has 0 aromatic carbocycles. The van der Waals surface area contributed by atoms with E-state index in [2.05, 4.69) is 0 Å². The minimum absolute atomic E-state index is 0.346. The smallest absolute Gasteiger partial charge is 0.299 e. The molecule has 0 saturated heterocycles. The van der Waals surface area contributed by atoms with Crippen LogP contribution in [0.1, 0.15) is 11.8 Å². The van der Waals surface area contributed by atoms with Crippen LogP contribution in [0.25, 0.3) is 0 Å². The quantitative estimate of drug-likeness (QED) is 0.770. The van der Waals surface area contributed by atoms with Gasteiger partial charge in [-0.05, 0) is 18.4 Å². The minimum Gasteiger partial charge on any atom is -0.299 e. The van der Waals surface area contributed by atoms with Gasteiger partial charge in [0.15, 0.2) is 11.7 Å². The number of hydrogen-bond donors (Lipinski definition) is 0. The first kappa shape index (κ1) is 12.9. The largest absolute Gasteiger partial charge is 0.405 e. The van der Waals surface area contributed by atoms with E-state index in [1.54, 1.807) is 17.5 Å². The summed E-state index contributed by atoms with van der Waals surface area (Å²) in [6.45, 7) is 0.782. The zero-order chi connectivity index (χ0) is 12.3. The average Bonchev–Trinajstić information content (AvgIpc) is 2.52. The van der Waals surface area contributed by atoms with Crippen LogP contribution in [-0.4, -0.2) is 17.7 Å². The van der Waals surface area contributed by atoms with E-state index in [0.717, 1.165) is 6.92 Å². The number of thiophene rings is 1. The lowest BCUT2D eigenvalue weighted by molar-refractivity contribution is -0.183. The Morgan fingerprint density at radius 1 is 1.44 bits per heavy atom. The Kier molecular flexibility index (Phi) is 3.85. The van der Waals surface area contributed by atoms with Gasteiger partial charge in [-0.25, -0.2) is 0 Å². The maximum atomic E-state index is 12.4. The molecule has 0 saturated carbocycles. The maximum Gasteiger partial charge on any atom is 0.405 e. The number of carbonyl (C=O) groups is 2. The molecular formula is C10H9F3O2S. The highest BCUT2D eigenvalue weighted by Crippen LogP contribution is 2.29. The van der Waals surface area contributed by atoms with Crippen molar-refractivity contribution in [2.75, 3.05) is 0 Å². The van der Waals surface area contributed by atoms with Crippen LogP contribution in [0.5, 0.6) is 0 Å². The Labute approximate surface area is 94.1 Å². The predicted octanol–water partition coefficient (Wildman–Crippen LogP) is 2.63. The Morgan fingerprint density at radius 2 is 2.06 bits per heavy atom. The molecule has 1 heterocycles. The standard InChI is InChI=1S/C10H9F3O2S/c1-6(14)9(10(11,12)13)8(15)5-7-3-2-4-16-7/h2-4,9H,5H2,1H3. The number of Topliss-reactive ketones (excluding diaryl/α,β-unsaturated/α-hetero) is 2. The van der Waals surface area contributed by atoms with Gasteiger partial charge in [-0.1, -0.05) is 6.07 Å². The lowest BCUT2D eigenvalue weighted by Crippen LogP contribution is -2.37. The molecule has 0 amide bonds. The minimum atomic E-state index is -4.79. The van der Waals surface area contributed by atoms with Gasteiger partial charge in [-0.15, -0.1) is 11.3 Å². The van der Waals surface area contributed by atoms with E-state index in [9.17, 15) is 22.8 Å². The summed E-state index contributed by atoms with van der Waals surface area (Å²) in [4.78, 5) is 22.7.